The highest BCUT2D eigenvalue weighted by Gasteiger charge is 2.34. The standard InChI is InChI=1S/C16H23NO3/c1-9-5-12(6-10(2)15(9)20-4)13-7-11(3)17-8-14(13)16(18)19/h5-6,11,13-14,17H,7-8H2,1-4H3,(H,18,19). The van der Waals surface area contributed by atoms with Crippen LogP contribution >= 0.6 is 0 Å². The first-order valence-electron chi connectivity index (χ1n) is 7.05. The van der Waals surface area contributed by atoms with E-state index in [9.17, 15) is 9.90 Å². The van der Waals surface area contributed by atoms with Crippen LogP contribution in [0.2, 0.25) is 0 Å². The molecule has 0 saturated carbocycles. The van der Waals surface area contributed by atoms with Crippen LogP contribution in [0.5, 0.6) is 5.75 Å². The smallest absolute Gasteiger partial charge is 0.308 e. The van der Waals surface area contributed by atoms with Gasteiger partial charge in [-0.05, 0) is 49.8 Å². The Morgan fingerprint density at radius 2 is 1.95 bits per heavy atom. The molecule has 0 aliphatic carbocycles. The summed E-state index contributed by atoms with van der Waals surface area (Å²) < 4.78 is 5.38. The number of carbonyl (C=O) groups is 1. The monoisotopic (exact) mass is 277 g/mol. The van der Waals surface area contributed by atoms with Gasteiger partial charge in [-0.2, -0.15) is 0 Å². The molecule has 0 aromatic heterocycles. The Labute approximate surface area is 120 Å². The molecule has 20 heavy (non-hydrogen) atoms. The third-order valence-electron chi connectivity index (χ3n) is 4.21. The van der Waals surface area contributed by atoms with E-state index in [2.05, 4.69) is 24.4 Å². The number of piperidine rings is 1. The summed E-state index contributed by atoms with van der Waals surface area (Å²) in [6.45, 7) is 6.66. The number of nitrogens with one attached hydrogen (secondary N) is 1. The molecule has 3 atom stereocenters. The van der Waals surface area contributed by atoms with Gasteiger partial charge in [0.05, 0.1) is 13.0 Å². The lowest BCUT2D eigenvalue weighted by Gasteiger charge is -2.34. The molecule has 4 nitrogen and oxygen atoms in total. The normalized spacial score (nSPS) is 26.3. The maximum absolute atomic E-state index is 11.5. The largest absolute Gasteiger partial charge is 0.496 e. The van der Waals surface area contributed by atoms with Gasteiger partial charge in [0.2, 0.25) is 0 Å². The Hall–Kier alpha value is -1.55. The highest BCUT2D eigenvalue weighted by atomic mass is 16.5. The Bertz CT molecular complexity index is 489. The van der Waals surface area contributed by atoms with E-state index in [-0.39, 0.29) is 11.8 Å². The van der Waals surface area contributed by atoms with Crippen molar-refractivity contribution in [3.63, 3.8) is 0 Å². The van der Waals surface area contributed by atoms with E-state index in [0.29, 0.717) is 12.6 Å². The van der Waals surface area contributed by atoms with Gasteiger partial charge >= 0.3 is 5.97 Å². The van der Waals surface area contributed by atoms with Crippen molar-refractivity contribution < 1.29 is 14.6 Å². The van der Waals surface area contributed by atoms with Gasteiger partial charge in [0.25, 0.3) is 0 Å². The van der Waals surface area contributed by atoms with Crippen LogP contribution in [0.25, 0.3) is 0 Å². The van der Waals surface area contributed by atoms with E-state index in [4.69, 9.17) is 4.74 Å². The molecule has 1 saturated heterocycles. The van der Waals surface area contributed by atoms with Crippen LogP contribution in [0.15, 0.2) is 12.1 Å². The molecule has 110 valence electrons. The van der Waals surface area contributed by atoms with Crippen LogP contribution in [-0.2, 0) is 4.79 Å². The molecule has 1 aliphatic heterocycles. The predicted octanol–water partition coefficient (Wildman–Crippen LogP) is 2.48. The summed E-state index contributed by atoms with van der Waals surface area (Å²) in [5.41, 5.74) is 3.25. The molecule has 1 heterocycles. The van der Waals surface area contributed by atoms with Crippen molar-refractivity contribution in [1.29, 1.82) is 0 Å². The highest BCUT2D eigenvalue weighted by molar-refractivity contribution is 5.72. The van der Waals surface area contributed by atoms with E-state index in [1.807, 2.05) is 13.8 Å². The van der Waals surface area contributed by atoms with Crippen LogP contribution in [0.1, 0.15) is 36.0 Å². The number of aliphatic carboxylic acids is 1. The molecule has 2 N–H and O–H groups in total. The van der Waals surface area contributed by atoms with Crippen molar-refractivity contribution >= 4 is 5.97 Å². The molecule has 1 aliphatic rings. The zero-order valence-corrected chi connectivity index (χ0v) is 12.6. The van der Waals surface area contributed by atoms with Crippen molar-refractivity contribution in [2.75, 3.05) is 13.7 Å². The lowest BCUT2D eigenvalue weighted by molar-refractivity contribution is -0.143. The summed E-state index contributed by atoms with van der Waals surface area (Å²) in [4.78, 5) is 11.5. The van der Waals surface area contributed by atoms with Crippen molar-refractivity contribution in [3.05, 3.63) is 28.8 Å². The zero-order chi connectivity index (χ0) is 14.9. The van der Waals surface area contributed by atoms with E-state index in [0.717, 1.165) is 28.9 Å². The molecule has 1 aromatic rings. The molecule has 0 bridgehead atoms. The van der Waals surface area contributed by atoms with Gasteiger partial charge in [-0.25, -0.2) is 0 Å². The average Bonchev–Trinajstić information content (AvgIpc) is 2.37. The number of hydrogen-bond donors (Lipinski definition) is 2. The number of benzene rings is 1. The first-order chi connectivity index (χ1) is 9.43. The molecule has 4 heteroatoms. The summed E-state index contributed by atoms with van der Waals surface area (Å²) in [7, 11) is 1.67. The molecule has 1 fully saturated rings. The number of hydrogen-bond acceptors (Lipinski definition) is 3. The van der Waals surface area contributed by atoms with E-state index in [1.54, 1.807) is 7.11 Å². The first kappa shape index (κ1) is 14.9. The molecule has 0 amide bonds. The van der Waals surface area contributed by atoms with Gasteiger partial charge in [0.1, 0.15) is 5.75 Å². The molecule has 0 radical (unpaired) electrons. The minimum atomic E-state index is -0.722. The second kappa shape index (κ2) is 5.83. The quantitative estimate of drug-likeness (QED) is 0.891. The van der Waals surface area contributed by atoms with Crippen molar-refractivity contribution in [2.24, 2.45) is 5.92 Å². The van der Waals surface area contributed by atoms with Crippen LogP contribution in [0.3, 0.4) is 0 Å². The van der Waals surface area contributed by atoms with Crippen LogP contribution in [-0.4, -0.2) is 30.8 Å². The maximum Gasteiger partial charge on any atom is 0.308 e. The Morgan fingerprint density at radius 3 is 2.45 bits per heavy atom. The summed E-state index contributed by atoms with van der Waals surface area (Å²) in [6.07, 6.45) is 0.849. The van der Waals surface area contributed by atoms with Crippen LogP contribution in [0.4, 0.5) is 0 Å². The molecule has 0 spiro atoms. The Balaban J connectivity index is 2.39. The fourth-order valence-electron chi connectivity index (χ4n) is 3.25. The highest BCUT2D eigenvalue weighted by Crippen LogP contribution is 2.36. The van der Waals surface area contributed by atoms with Gasteiger partial charge in [-0.1, -0.05) is 12.1 Å². The van der Waals surface area contributed by atoms with Crippen molar-refractivity contribution in [1.82, 2.24) is 5.32 Å². The first-order valence-corrected chi connectivity index (χ1v) is 7.05. The number of methoxy groups -OCH3 is 1. The van der Waals surface area contributed by atoms with E-state index < -0.39 is 5.97 Å². The SMILES string of the molecule is COc1c(C)cc(C2CC(C)NCC2C(=O)O)cc1C. The topological polar surface area (TPSA) is 58.6 Å². The summed E-state index contributed by atoms with van der Waals surface area (Å²) in [5, 5.41) is 12.7. The van der Waals surface area contributed by atoms with Gasteiger partial charge in [0.15, 0.2) is 0 Å². The predicted molar refractivity (Wildman–Crippen MR) is 78.4 cm³/mol. The Kier molecular flexibility index (Phi) is 4.33. The second-order valence-corrected chi connectivity index (χ2v) is 5.78. The van der Waals surface area contributed by atoms with Crippen molar-refractivity contribution in [2.45, 2.75) is 39.2 Å². The molecular weight excluding hydrogens is 254 g/mol. The lowest BCUT2D eigenvalue weighted by Crippen LogP contribution is -2.44. The molecule has 2 rings (SSSR count). The zero-order valence-electron chi connectivity index (χ0n) is 12.6. The van der Waals surface area contributed by atoms with E-state index >= 15 is 0 Å². The minimum absolute atomic E-state index is 0.0621. The molecule has 1 aromatic carbocycles. The Morgan fingerprint density at radius 1 is 1.35 bits per heavy atom. The molecular formula is C16H23NO3. The summed E-state index contributed by atoms with van der Waals surface area (Å²) in [6, 6.07) is 4.49. The number of aryl methyl sites for hydroxylation is 2. The lowest BCUT2D eigenvalue weighted by atomic mass is 9.78. The number of carboxylic acids is 1. The fourth-order valence-corrected chi connectivity index (χ4v) is 3.25. The van der Waals surface area contributed by atoms with Crippen LogP contribution < -0.4 is 10.1 Å². The van der Waals surface area contributed by atoms with Crippen molar-refractivity contribution in [3.8, 4) is 5.75 Å². The fraction of sp³-hybridized carbons (Fsp3) is 0.562. The third-order valence-corrected chi connectivity index (χ3v) is 4.21. The van der Waals surface area contributed by atoms with Gasteiger partial charge < -0.3 is 15.2 Å². The number of rotatable bonds is 3. The maximum atomic E-state index is 11.5. The summed E-state index contributed by atoms with van der Waals surface area (Å²) in [5.74, 6) is -0.131. The summed E-state index contributed by atoms with van der Waals surface area (Å²) >= 11 is 0. The van der Waals surface area contributed by atoms with Gasteiger partial charge in [0, 0.05) is 12.6 Å². The number of carboxylic acid groups (broad SMARTS) is 1. The van der Waals surface area contributed by atoms with Gasteiger partial charge in [-0.3, -0.25) is 4.79 Å². The average molecular weight is 277 g/mol. The minimum Gasteiger partial charge on any atom is -0.496 e. The van der Waals surface area contributed by atoms with E-state index in [1.165, 1.54) is 0 Å². The third kappa shape index (κ3) is 2.80. The molecule has 3 unspecified atom stereocenters. The second-order valence-electron chi connectivity index (χ2n) is 5.78. The van der Waals surface area contributed by atoms with Crippen LogP contribution in [0, 0.1) is 19.8 Å². The van der Waals surface area contributed by atoms with Gasteiger partial charge in [-0.15, -0.1) is 0 Å². The number of ether oxygens (including phenoxy) is 1.